The number of aromatic nitrogens is 4. The summed E-state index contributed by atoms with van der Waals surface area (Å²) in [5.41, 5.74) is 2.57. The highest BCUT2D eigenvalue weighted by molar-refractivity contribution is 5.84. The predicted molar refractivity (Wildman–Crippen MR) is 139 cm³/mol. The van der Waals surface area contributed by atoms with Crippen molar-refractivity contribution in [2.75, 3.05) is 20.1 Å². The number of rotatable bonds is 9. The summed E-state index contributed by atoms with van der Waals surface area (Å²) in [6, 6.07) is 9.74. The summed E-state index contributed by atoms with van der Waals surface area (Å²) in [6.07, 6.45) is 7.91. The van der Waals surface area contributed by atoms with Gasteiger partial charge in [0.25, 0.3) is 5.56 Å². The molecule has 0 bridgehead atoms. The Kier molecular flexibility index (Phi) is 8.00. The molecule has 2 aromatic heterocycles. The van der Waals surface area contributed by atoms with E-state index in [0.717, 1.165) is 24.3 Å². The second kappa shape index (κ2) is 11.2. The van der Waals surface area contributed by atoms with Crippen molar-refractivity contribution in [2.24, 2.45) is 0 Å². The molecule has 3 aromatic rings. The fraction of sp³-hybridized carbons (Fsp3) is 0.556. The number of aryl methyl sites for hydroxylation is 2. The van der Waals surface area contributed by atoms with Crippen molar-refractivity contribution in [3.05, 3.63) is 52.1 Å². The summed E-state index contributed by atoms with van der Waals surface area (Å²) in [5.74, 6) is -0.158. The highest BCUT2D eigenvalue weighted by atomic mass is 16.2. The molecule has 1 amide bonds. The number of carbonyl (C=O) groups is 1. The van der Waals surface area contributed by atoms with Crippen molar-refractivity contribution in [2.45, 2.75) is 77.8 Å². The third-order valence-electron chi connectivity index (χ3n) is 7.31. The first-order valence-corrected chi connectivity index (χ1v) is 12.9. The van der Waals surface area contributed by atoms with E-state index >= 15 is 0 Å². The maximum atomic E-state index is 13.5. The van der Waals surface area contributed by atoms with Crippen LogP contribution in [0.15, 0.2) is 35.1 Å². The minimum absolute atomic E-state index is 0.158. The van der Waals surface area contributed by atoms with E-state index < -0.39 is 6.04 Å². The van der Waals surface area contributed by atoms with Gasteiger partial charge in [-0.2, -0.15) is 10.2 Å². The Morgan fingerprint density at radius 1 is 1.14 bits per heavy atom. The van der Waals surface area contributed by atoms with E-state index in [1.165, 1.54) is 36.8 Å². The van der Waals surface area contributed by atoms with Crippen LogP contribution in [0.25, 0.3) is 16.6 Å². The van der Waals surface area contributed by atoms with Crippen LogP contribution in [0.2, 0.25) is 0 Å². The van der Waals surface area contributed by atoms with Crippen molar-refractivity contribution >= 4 is 16.8 Å². The molecule has 0 radical (unpaired) electrons. The van der Waals surface area contributed by atoms with Crippen molar-refractivity contribution in [3.8, 4) is 5.69 Å². The van der Waals surface area contributed by atoms with Gasteiger partial charge in [-0.05, 0) is 65.3 Å². The van der Waals surface area contributed by atoms with Crippen LogP contribution in [0.3, 0.4) is 0 Å². The van der Waals surface area contributed by atoms with Gasteiger partial charge in [-0.1, -0.05) is 44.4 Å². The van der Waals surface area contributed by atoms with Crippen LogP contribution < -0.4 is 10.9 Å². The van der Waals surface area contributed by atoms with Crippen LogP contribution in [0, 0.1) is 13.8 Å². The lowest BCUT2D eigenvalue weighted by atomic mass is 9.94. The lowest BCUT2D eigenvalue weighted by Crippen LogP contribution is -2.40. The molecule has 1 aliphatic rings. The maximum Gasteiger partial charge on any atom is 0.278 e. The lowest BCUT2D eigenvalue weighted by molar-refractivity contribution is -0.124. The molecule has 1 aromatic carbocycles. The molecule has 35 heavy (non-hydrogen) atoms. The Balaban J connectivity index is 1.48. The van der Waals surface area contributed by atoms with Gasteiger partial charge in [0.2, 0.25) is 5.91 Å². The Labute approximate surface area is 207 Å². The molecule has 0 unspecified atom stereocenters. The van der Waals surface area contributed by atoms with E-state index in [1.807, 2.05) is 51.1 Å². The third-order valence-corrected chi connectivity index (χ3v) is 7.31. The highest BCUT2D eigenvalue weighted by Gasteiger charge is 2.25. The van der Waals surface area contributed by atoms with Crippen molar-refractivity contribution < 1.29 is 4.79 Å². The summed E-state index contributed by atoms with van der Waals surface area (Å²) < 4.78 is 3.13. The van der Waals surface area contributed by atoms with Gasteiger partial charge in [0.05, 0.1) is 22.5 Å². The van der Waals surface area contributed by atoms with Crippen LogP contribution in [0.1, 0.15) is 69.3 Å². The van der Waals surface area contributed by atoms with Gasteiger partial charge >= 0.3 is 0 Å². The molecule has 4 rings (SSSR count). The molecule has 8 heteroatoms. The van der Waals surface area contributed by atoms with Crippen molar-refractivity contribution in [3.63, 3.8) is 0 Å². The molecule has 1 fully saturated rings. The molecule has 1 atom stereocenters. The highest BCUT2D eigenvalue weighted by Crippen LogP contribution is 2.22. The summed E-state index contributed by atoms with van der Waals surface area (Å²) in [7, 11) is 2.19. The largest absolute Gasteiger partial charge is 0.354 e. The zero-order chi connectivity index (χ0) is 24.9. The van der Waals surface area contributed by atoms with E-state index in [1.54, 1.807) is 4.68 Å². The first-order chi connectivity index (χ1) is 16.9. The minimum Gasteiger partial charge on any atom is -0.354 e. The number of para-hydroxylation sites is 1. The van der Waals surface area contributed by atoms with E-state index in [2.05, 4.69) is 27.5 Å². The molecule has 8 nitrogen and oxygen atoms in total. The SMILES string of the molecule is CC[C@H](C(=O)NCCCN(C)C1CCCCC1)n1nc(C)c2nn(-c3ccccc3)c(C)c2c1=O. The Morgan fingerprint density at radius 3 is 2.54 bits per heavy atom. The van der Waals surface area contributed by atoms with Crippen LogP contribution >= 0.6 is 0 Å². The molecule has 0 aliphatic heterocycles. The number of nitrogens with one attached hydrogen (secondary N) is 1. The molecular formula is C27H38N6O2. The third kappa shape index (κ3) is 5.32. The monoisotopic (exact) mass is 478 g/mol. The summed E-state index contributed by atoms with van der Waals surface area (Å²) in [4.78, 5) is 29.0. The van der Waals surface area contributed by atoms with Gasteiger partial charge in [0.15, 0.2) is 0 Å². The average Bonchev–Trinajstić information content (AvgIpc) is 3.24. The van der Waals surface area contributed by atoms with E-state index in [4.69, 9.17) is 0 Å². The molecule has 1 aliphatic carbocycles. The maximum absolute atomic E-state index is 13.5. The van der Waals surface area contributed by atoms with Crippen molar-refractivity contribution in [1.82, 2.24) is 29.8 Å². The predicted octanol–water partition coefficient (Wildman–Crippen LogP) is 3.92. The zero-order valence-corrected chi connectivity index (χ0v) is 21.5. The first-order valence-electron chi connectivity index (χ1n) is 12.9. The smallest absolute Gasteiger partial charge is 0.278 e. The standard InChI is InChI=1S/C27H38N6O2/c1-5-23(26(34)28-17-12-18-31(4)21-13-8-6-9-14-21)33-27(35)24-20(3)32(22-15-10-7-11-16-22)30-25(24)19(2)29-33/h7,10-11,15-16,21,23H,5-6,8-9,12-14,17-18H2,1-4H3,(H,28,34)/t23-/m1/s1. The molecule has 1 N–H and O–H groups in total. The zero-order valence-electron chi connectivity index (χ0n) is 21.5. The Hall–Kier alpha value is -3.00. The summed E-state index contributed by atoms with van der Waals surface area (Å²) in [6.45, 7) is 7.19. The fourth-order valence-electron chi connectivity index (χ4n) is 5.24. The van der Waals surface area contributed by atoms with Crippen LogP contribution in [0.5, 0.6) is 0 Å². The van der Waals surface area contributed by atoms with Gasteiger partial charge in [0.1, 0.15) is 11.6 Å². The second-order valence-electron chi connectivity index (χ2n) is 9.73. The Morgan fingerprint density at radius 2 is 1.86 bits per heavy atom. The second-order valence-corrected chi connectivity index (χ2v) is 9.73. The number of nitrogens with zero attached hydrogens (tertiary/aromatic N) is 5. The molecule has 188 valence electrons. The molecule has 2 heterocycles. The molecule has 1 saturated carbocycles. The molecular weight excluding hydrogens is 440 g/mol. The average molecular weight is 479 g/mol. The van der Waals surface area contributed by atoms with Crippen molar-refractivity contribution in [1.29, 1.82) is 0 Å². The van der Waals surface area contributed by atoms with E-state index in [0.29, 0.717) is 35.6 Å². The lowest BCUT2D eigenvalue weighted by Gasteiger charge is -2.31. The van der Waals surface area contributed by atoms with Crippen LogP contribution in [-0.4, -0.2) is 56.5 Å². The number of amides is 1. The van der Waals surface area contributed by atoms with Crippen LogP contribution in [-0.2, 0) is 4.79 Å². The van der Waals surface area contributed by atoms with Gasteiger partial charge in [-0.3, -0.25) is 9.59 Å². The molecule has 0 spiro atoms. The summed E-state index contributed by atoms with van der Waals surface area (Å²) >= 11 is 0. The quantitative estimate of drug-likeness (QED) is 0.471. The topological polar surface area (TPSA) is 85.1 Å². The van der Waals surface area contributed by atoms with Gasteiger partial charge in [0, 0.05) is 12.6 Å². The fourth-order valence-corrected chi connectivity index (χ4v) is 5.24. The number of benzene rings is 1. The number of hydrogen-bond donors (Lipinski definition) is 1. The minimum atomic E-state index is -0.652. The molecule has 0 saturated heterocycles. The summed E-state index contributed by atoms with van der Waals surface area (Å²) in [5, 5.41) is 12.7. The van der Waals surface area contributed by atoms with E-state index in [9.17, 15) is 9.59 Å². The Bertz CT molecular complexity index is 1210. The van der Waals surface area contributed by atoms with E-state index in [-0.39, 0.29) is 11.5 Å². The number of hydrogen-bond acceptors (Lipinski definition) is 5. The normalized spacial score (nSPS) is 15.6. The van der Waals surface area contributed by atoms with Gasteiger partial charge in [-0.25, -0.2) is 9.36 Å². The van der Waals surface area contributed by atoms with Crippen LogP contribution in [0.4, 0.5) is 0 Å². The number of fused-ring (bicyclic) bond motifs is 1. The van der Waals surface area contributed by atoms with Gasteiger partial charge in [-0.15, -0.1) is 0 Å². The number of carbonyl (C=O) groups excluding carboxylic acids is 1. The first kappa shape index (κ1) is 25.1. The van der Waals surface area contributed by atoms with Gasteiger partial charge < -0.3 is 10.2 Å².